The molecular weight excluding hydrogens is 380 g/mol. The largest absolute Gasteiger partial charge is 0.375 e. The van der Waals surface area contributed by atoms with E-state index in [1.54, 1.807) is 12.1 Å². The van der Waals surface area contributed by atoms with E-state index in [0.717, 1.165) is 11.6 Å². The van der Waals surface area contributed by atoms with E-state index >= 15 is 0 Å². The van der Waals surface area contributed by atoms with Gasteiger partial charge in [-0.05, 0) is 18.5 Å². The molecule has 1 aromatic carbocycles. The monoisotopic (exact) mass is 413 g/mol. The molecule has 0 aliphatic heterocycles. The van der Waals surface area contributed by atoms with Crippen molar-refractivity contribution in [3.63, 3.8) is 0 Å². The molecular formula is C20H33F2N3O2Si. The van der Waals surface area contributed by atoms with Crippen LogP contribution in [0.1, 0.15) is 18.9 Å². The Labute approximate surface area is 168 Å². The molecule has 0 aromatic heterocycles. The van der Waals surface area contributed by atoms with Gasteiger partial charge in [0, 0.05) is 28.1 Å². The lowest BCUT2D eigenvalue weighted by atomic mass is 10.2. The molecule has 0 saturated heterocycles. The maximum Gasteiger partial charge on any atom is 0.259 e. The van der Waals surface area contributed by atoms with E-state index < -0.39 is 26.1 Å². The SMILES string of the molecule is CN/C(=N\N(COCC[Si](C)(C)C)C(C)OCc1ccccc1)C1CC1(F)F. The highest BCUT2D eigenvalue weighted by Gasteiger charge is 2.60. The molecule has 28 heavy (non-hydrogen) atoms. The molecule has 0 spiro atoms. The van der Waals surface area contributed by atoms with Crippen LogP contribution in [0.15, 0.2) is 35.4 Å². The molecule has 1 saturated carbocycles. The Balaban J connectivity index is 1.99. The lowest BCUT2D eigenvalue weighted by Crippen LogP contribution is -2.37. The fourth-order valence-electron chi connectivity index (χ4n) is 2.57. The third-order valence-electron chi connectivity index (χ3n) is 4.62. The molecule has 0 bridgehead atoms. The maximum absolute atomic E-state index is 13.5. The molecule has 1 aliphatic rings. The number of rotatable bonds is 11. The summed E-state index contributed by atoms with van der Waals surface area (Å²) in [5.41, 5.74) is 1.04. The Morgan fingerprint density at radius 3 is 2.50 bits per heavy atom. The number of benzene rings is 1. The average molecular weight is 414 g/mol. The van der Waals surface area contributed by atoms with Crippen molar-refractivity contribution in [1.82, 2.24) is 10.3 Å². The van der Waals surface area contributed by atoms with Crippen LogP contribution in [-0.2, 0) is 16.1 Å². The predicted octanol–water partition coefficient (Wildman–Crippen LogP) is 4.35. The van der Waals surface area contributed by atoms with Crippen LogP contribution >= 0.6 is 0 Å². The van der Waals surface area contributed by atoms with E-state index in [-0.39, 0.29) is 19.0 Å². The molecule has 0 radical (unpaired) electrons. The van der Waals surface area contributed by atoms with Crippen molar-refractivity contribution in [1.29, 1.82) is 0 Å². The molecule has 1 N–H and O–H groups in total. The van der Waals surface area contributed by atoms with Crippen molar-refractivity contribution in [2.75, 3.05) is 20.4 Å². The average Bonchev–Trinajstić information content (AvgIpc) is 3.27. The first-order valence-electron chi connectivity index (χ1n) is 9.76. The van der Waals surface area contributed by atoms with Gasteiger partial charge in [-0.25, -0.2) is 13.8 Å². The number of ether oxygens (including phenoxy) is 2. The van der Waals surface area contributed by atoms with Gasteiger partial charge in [0.15, 0.2) is 0 Å². The van der Waals surface area contributed by atoms with E-state index in [2.05, 4.69) is 30.1 Å². The van der Waals surface area contributed by atoms with Crippen molar-refractivity contribution < 1.29 is 18.3 Å². The highest BCUT2D eigenvalue weighted by atomic mass is 28.3. The summed E-state index contributed by atoms with van der Waals surface area (Å²) in [6.45, 7) is 9.94. The van der Waals surface area contributed by atoms with Gasteiger partial charge in [-0.2, -0.15) is 5.10 Å². The van der Waals surface area contributed by atoms with Crippen LogP contribution in [0, 0.1) is 5.92 Å². The smallest absolute Gasteiger partial charge is 0.259 e. The van der Waals surface area contributed by atoms with Crippen molar-refractivity contribution in [2.45, 2.75) is 57.8 Å². The first-order chi connectivity index (χ1) is 13.1. The summed E-state index contributed by atoms with van der Waals surface area (Å²) in [7, 11) is 0.414. The van der Waals surface area contributed by atoms with Crippen LogP contribution in [0.25, 0.3) is 0 Å². The fraction of sp³-hybridized carbons (Fsp3) is 0.650. The number of alkyl halides is 2. The van der Waals surface area contributed by atoms with Gasteiger partial charge in [0.2, 0.25) is 0 Å². The Morgan fingerprint density at radius 2 is 1.96 bits per heavy atom. The van der Waals surface area contributed by atoms with Gasteiger partial charge in [0.05, 0.1) is 12.5 Å². The lowest BCUT2D eigenvalue weighted by Gasteiger charge is -2.27. The molecule has 1 fully saturated rings. The summed E-state index contributed by atoms with van der Waals surface area (Å²) in [4.78, 5) is 0. The van der Waals surface area contributed by atoms with Gasteiger partial charge in [0.1, 0.15) is 18.8 Å². The molecule has 0 amide bonds. The van der Waals surface area contributed by atoms with Gasteiger partial charge in [0.25, 0.3) is 5.92 Å². The molecule has 8 heteroatoms. The molecule has 1 aromatic rings. The predicted molar refractivity (Wildman–Crippen MR) is 111 cm³/mol. The minimum absolute atomic E-state index is 0.170. The van der Waals surface area contributed by atoms with E-state index in [4.69, 9.17) is 9.47 Å². The number of halogens is 2. The first kappa shape index (κ1) is 22.8. The second kappa shape index (κ2) is 9.80. The number of hydrogen-bond acceptors (Lipinski definition) is 4. The van der Waals surface area contributed by atoms with Gasteiger partial charge in [-0.15, -0.1) is 0 Å². The maximum atomic E-state index is 13.5. The van der Waals surface area contributed by atoms with E-state index in [0.29, 0.717) is 13.2 Å². The van der Waals surface area contributed by atoms with E-state index in [1.165, 1.54) is 0 Å². The Morgan fingerprint density at radius 1 is 1.32 bits per heavy atom. The summed E-state index contributed by atoms with van der Waals surface area (Å²) in [5.74, 6) is -3.27. The highest BCUT2D eigenvalue weighted by molar-refractivity contribution is 6.76. The summed E-state index contributed by atoms with van der Waals surface area (Å²) in [6.07, 6.45) is -0.584. The Hall–Kier alpha value is -1.51. The highest BCUT2D eigenvalue weighted by Crippen LogP contribution is 2.49. The van der Waals surface area contributed by atoms with Gasteiger partial charge < -0.3 is 14.8 Å². The van der Waals surface area contributed by atoms with Crippen LogP contribution in [0.3, 0.4) is 0 Å². The normalized spacial score (nSPS) is 20.0. The third-order valence-corrected chi connectivity index (χ3v) is 6.33. The number of nitrogens with zero attached hydrogens (tertiary/aromatic N) is 2. The zero-order valence-corrected chi connectivity index (χ0v) is 18.5. The van der Waals surface area contributed by atoms with E-state index in [9.17, 15) is 8.78 Å². The molecule has 0 heterocycles. The summed E-state index contributed by atoms with van der Waals surface area (Å²) < 4.78 is 38.7. The second-order valence-electron chi connectivity index (χ2n) is 8.44. The van der Waals surface area contributed by atoms with Gasteiger partial charge in [-0.3, -0.25) is 0 Å². The molecule has 2 unspecified atom stereocenters. The third kappa shape index (κ3) is 7.48. The first-order valence-corrected chi connectivity index (χ1v) is 13.5. The quantitative estimate of drug-likeness (QED) is 0.146. The number of hydrogen-bond donors (Lipinski definition) is 1. The number of amidine groups is 1. The van der Waals surface area contributed by atoms with Crippen molar-refractivity contribution >= 4 is 13.9 Å². The zero-order valence-electron chi connectivity index (χ0n) is 17.5. The van der Waals surface area contributed by atoms with Gasteiger partial charge in [-0.1, -0.05) is 50.0 Å². The van der Waals surface area contributed by atoms with Crippen LogP contribution in [-0.4, -0.2) is 51.5 Å². The van der Waals surface area contributed by atoms with Crippen LogP contribution < -0.4 is 5.32 Å². The second-order valence-corrected chi connectivity index (χ2v) is 14.1. The number of hydrazone groups is 1. The van der Waals surface area contributed by atoms with Crippen molar-refractivity contribution in [3.05, 3.63) is 35.9 Å². The summed E-state index contributed by atoms with van der Waals surface area (Å²) in [6, 6.07) is 10.8. The molecule has 158 valence electrons. The standard InChI is InChI=1S/C20H33F2N3O2Si/c1-16(27-14-17-9-7-6-8-10-17)25(15-26-11-12-28(3,4)5)24-19(23-2)18-13-20(18,21)22/h6-10,16,18H,11-15H2,1-5H3,(H,23,24). The fourth-order valence-corrected chi connectivity index (χ4v) is 3.33. The summed E-state index contributed by atoms with van der Waals surface area (Å²) >= 11 is 0. The van der Waals surface area contributed by atoms with Crippen LogP contribution in [0.5, 0.6) is 0 Å². The molecule has 2 rings (SSSR count). The van der Waals surface area contributed by atoms with Gasteiger partial charge >= 0.3 is 0 Å². The molecule has 5 nitrogen and oxygen atoms in total. The lowest BCUT2D eigenvalue weighted by molar-refractivity contribution is -0.103. The van der Waals surface area contributed by atoms with Crippen molar-refractivity contribution in [3.8, 4) is 0 Å². The van der Waals surface area contributed by atoms with Crippen LogP contribution in [0.2, 0.25) is 25.7 Å². The Bertz CT molecular complexity index is 638. The zero-order chi connectivity index (χ0) is 20.8. The summed E-state index contributed by atoms with van der Waals surface area (Å²) in [5, 5.41) is 8.84. The Kier molecular flexibility index (Phi) is 7.97. The molecule has 2 atom stereocenters. The minimum atomic E-state index is -2.68. The van der Waals surface area contributed by atoms with E-state index in [1.807, 2.05) is 37.3 Å². The number of nitrogens with one attached hydrogen (secondary N) is 1. The minimum Gasteiger partial charge on any atom is -0.375 e. The molecule has 1 aliphatic carbocycles. The van der Waals surface area contributed by atoms with Crippen LogP contribution in [0.4, 0.5) is 8.78 Å². The van der Waals surface area contributed by atoms with Crippen molar-refractivity contribution in [2.24, 2.45) is 11.0 Å². The topological polar surface area (TPSA) is 46.1 Å².